The van der Waals surface area contributed by atoms with Gasteiger partial charge in [0.15, 0.2) is 0 Å². The minimum Gasteiger partial charge on any atom is -0.480 e. The van der Waals surface area contributed by atoms with Crippen molar-refractivity contribution in [2.75, 3.05) is 26.8 Å². The van der Waals surface area contributed by atoms with Crippen molar-refractivity contribution in [2.45, 2.75) is 13.0 Å². The summed E-state index contributed by atoms with van der Waals surface area (Å²) in [6.45, 7) is 3.39. The van der Waals surface area contributed by atoms with Gasteiger partial charge < -0.3 is 14.8 Å². The summed E-state index contributed by atoms with van der Waals surface area (Å²) in [5, 5.41) is 3.31. The average Bonchev–Trinajstić information content (AvgIpc) is 2.83. The molecule has 96 valence electrons. The molecule has 1 aromatic rings. The Morgan fingerprint density at radius 3 is 2.94 bits per heavy atom. The van der Waals surface area contributed by atoms with Crippen LogP contribution in [-0.2, 0) is 11.3 Å². The van der Waals surface area contributed by atoms with Crippen LogP contribution in [0.1, 0.15) is 12.1 Å². The number of methoxy groups -OCH3 is 1. The third kappa shape index (κ3) is 4.11. The lowest BCUT2D eigenvalue weighted by atomic mass is 10.1. The third-order valence-corrected chi connectivity index (χ3v) is 2.68. The first kappa shape index (κ1) is 14.2. The lowest BCUT2D eigenvalue weighted by Gasteiger charge is -2.10. The maximum atomic E-state index is 5.62. The number of hydrogen-bond donors (Lipinski definition) is 1. The van der Waals surface area contributed by atoms with E-state index in [-0.39, 0.29) is 12.4 Å². The smallest absolute Gasteiger partial charge is 0.237 e. The van der Waals surface area contributed by atoms with E-state index < -0.39 is 0 Å². The molecule has 1 fully saturated rings. The molecule has 1 atom stereocenters. The molecule has 0 aliphatic carbocycles. The van der Waals surface area contributed by atoms with Crippen molar-refractivity contribution in [3.8, 4) is 5.88 Å². The Morgan fingerprint density at radius 1 is 1.41 bits per heavy atom. The van der Waals surface area contributed by atoms with Gasteiger partial charge in [0, 0.05) is 18.9 Å². The molecule has 1 aliphatic rings. The zero-order valence-electron chi connectivity index (χ0n) is 9.89. The van der Waals surface area contributed by atoms with E-state index in [9.17, 15) is 0 Å². The van der Waals surface area contributed by atoms with Gasteiger partial charge in [0.05, 0.1) is 20.3 Å². The zero-order valence-corrected chi connectivity index (χ0v) is 10.7. The quantitative estimate of drug-likeness (QED) is 0.856. The number of ether oxygens (including phenoxy) is 2. The summed E-state index contributed by atoms with van der Waals surface area (Å²) in [6, 6.07) is 0. The largest absolute Gasteiger partial charge is 0.480 e. The summed E-state index contributed by atoms with van der Waals surface area (Å²) < 4.78 is 10.7. The molecule has 17 heavy (non-hydrogen) atoms. The summed E-state index contributed by atoms with van der Waals surface area (Å²) >= 11 is 0. The maximum Gasteiger partial charge on any atom is 0.237 e. The van der Waals surface area contributed by atoms with Crippen molar-refractivity contribution in [3.63, 3.8) is 0 Å². The maximum absolute atomic E-state index is 5.62. The van der Waals surface area contributed by atoms with Crippen LogP contribution in [0.5, 0.6) is 5.88 Å². The van der Waals surface area contributed by atoms with E-state index in [1.807, 2.05) is 0 Å². The molecule has 1 N–H and O–H groups in total. The van der Waals surface area contributed by atoms with Crippen molar-refractivity contribution in [3.05, 3.63) is 18.1 Å². The number of nitrogens with zero attached hydrogens (tertiary/aromatic N) is 2. The number of nitrogens with one attached hydrogen (secondary N) is 1. The second kappa shape index (κ2) is 7.42. The highest BCUT2D eigenvalue weighted by molar-refractivity contribution is 5.85. The Labute approximate surface area is 107 Å². The molecule has 5 nitrogen and oxygen atoms in total. The van der Waals surface area contributed by atoms with Gasteiger partial charge in [-0.1, -0.05) is 0 Å². The van der Waals surface area contributed by atoms with E-state index in [0.717, 1.165) is 25.4 Å². The number of halogens is 1. The second-order valence-electron chi connectivity index (χ2n) is 3.89. The molecule has 2 heterocycles. The molecular weight excluding hydrogens is 242 g/mol. The van der Waals surface area contributed by atoms with Gasteiger partial charge in [0.2, 0.25) is 5.88 Å². The van der Waals surface area contributed by atoms with Gasteiger partial charge in [0.1, 0.15) is 5.69 Å². The Morgan fingerprint density at radius 2 is 2.24 bits per heavy atom. The molecule has 1 aromatic heterocycles. The van der Waals surface area contributed by atoms with Gasteiger partial charge in [-0.15, -0.1) is 12.4 Å². The Bertz CT molecular complexity index is 332. The topological polar surface area (TPSA) is 56.3 Å². The molecule has 0 radical (unpaired) electrons. The van der Waals surface area contributed by atoms with Crippen molar-refractivity contribution in [1.82, 2.24) is 15.3 Å². The minimum absolute atomic E-state index is 0. The Hall–Kier alpha value is -0.910. The van der Waals surface area contributed by atoms with Gasteiger partial charge >= 0.3 is 0 Å². The fraction of sp³-hybridized carbons (Fsp3) is 0.636. The molecule has 1 aliphatic heterocycles. The highest BCUT2D eigenvalue weighted by Gasteiger charge is 2.14. The van der Waals surface area contributed by atoms with E-state index in [2.05, 4.69) is 15.3 Å². The molecule has 1 unspecified atom stereocenters. The fourth-order valence-corrected chi connectivity index (χ4v) is 1.80. The summed E-state index contributed by atoms with van der Waals surface area (Å²) in [4.78, 5) is 8.26. The van der Waals surface area contributed by atoms with E-state index in [1.165, 1.54) is 6.42 Å². The Balaban J connectivity index is 0.00000144. The van der Waals surface area contributed by atoms with Crippen LogP contribution in [0.2, 0.25) is 0 Å². The monoisotopic (exact) mass is 259 g/mol. The third-order valence-electron chi connectivity index (χ3n) is 2.68. The summed E-state index contributed by atoms with van der Waals surface area (Å²) in [5.41, 5.74) is 0.760. The van der Waals surface area contributed by atoms with Crippen LogP contribution >= 0.6 is 12.4 Å². The zero-order chi connectivity index (χ0) is 11.2. The molecule has 0 spiro atoms. The fourth-order valence-electron chi connectivity index (χ4n) is 1.80. The number of aromatic nitrogens is 2. The van der Waals surface area contributed by atoms with Crippen LogP contribution in [0.15, 0.2) is 12.4 Å². The molecule has 0 aromatic carbocycles. The normalized spacial score (nSPS) is 18.8. The summed E-state index contributed by atoms with van der Waals surface area (Å²) in [7, 11) is 1.59. The molecule has 2 rings (SSSR count). The van der Waals surface area contributed by atoms with Crippen LogP contribution in [-0.4, -0.2) is 36.8 Å². The molecule has 6 heteroatoms. The second-order valence-corrected chi connectivity index (χ2v) is 3.89. The van der Waals surface area contributed by atoms with Crippen LogP contribution in [0.4, 0.5) is 0 Å². The Kier molecular flexibility index (Phi) is 6.18. The van der Waals surface area contributed by atoms with Crippen molar-refractivity contribution in [2.24, 2.45) is 5.92 Å². The summed E-state index contributed by atoms with van der Waals surface area (Å²) in [6.07, 6.45) is 4.46. The van der Waals surface area contributed by atoms with Crippen LogP contribution in [0, 0.1) is 5.92 Å². The first-order valence-corrected chi connectivity index (χ1v) is 5.52. The van der Waals surface area contributed by atoms with E-state index in [4.69, 9.17) is 9.47 Å². The first-order chi connectivity index (χ1) is 7.90. The lowest BCUT2D eigenvalue weighted by molar-refractivity contribution is 0.0882. The van der Waals surface area contributed by atoms with Gasteiger partial charge in [-0.2, -0.15) is 0 Å². The predicted octanol–water partition coefficient (Wildman–Crippen LogP) is 1.03. The van der Waals surface area contributed by atoms with Gasteiger partial charge in [-0.05, 0) is 18.9 Å². The highest BCUT2D eigenvalue weighted by atomic mass is 35.5. The van der Waals surface area contributed by atoms with Gasteiger partial charge in [0.25, 0.3) is 0 Å². The number of hydrogen-bond acceptors (Lipinski definition) is 5. The number of rotatable bonds is 5. The molecule has 0 bridgehead atoms. The molecule has 0 amide bonds. The SMILES string of the molecule is COc1nccnc1COCC1CCNC1.Cl. The molecular formula is C11H18ClN3O2. The average molecular weight is 260 g/mol. The van der Waals surface area contributed by atoms with Crippen LogP contribution in [0.3, 0.4) is 0 Å². The highest BCUT2D eigenvalue weighted by Crippen LogP contribution is 2.13. The van der Waals surface area contributed by atoms with Crippen LogP contribution in [0.25, 0.3) is 0 Å². The van der Waals surface area contributed by atoms with Crippen molar-refractivity contribution >= 4 is 12.4 Å². The minimum atomic E-state index is 0. The van der Waals surface area contributed by atoms with Gasteiger partial charge in [-0.3, -0.25) is 4.98 Å². The lowest BCUT2D eigenvalue weighted by Crippen LogP contribution is -2.14. The van der Waals surface area contributed by atoms with E-state index in [0.29, 0.717) is 18.4 Å². The van der Waals surface area contributed by atoms with Crippen molar-refractivity contribution < 1.29 is 9.47 Å². The first-order valence-electron chi connectivity index (χ1n) is 5.52. The van der Waals surface area contributed by atoms with Crippen LogP contribution < -0.4 is 10.1 Å². The van der Waals surface area contributed by atoms with E-state index >= 15 is 0 Å². The summed E-state index contributed by atoms with van der Waals surface area (Å²) in [5.74, 6) is 1.18. The standard InChI is InChI=1S/C11H17N3O2.ClH/c1-15-11-10(13-4-5-14-11)8-16-7-9-2-3-12-6-9;/h4-5,9,12H,2-3,6-8H2,1H3;1H. The van der Waals surface area contributed by atoms with Crippen molar-refractivity contribution in [1.29, 1.82) is 0 Å². The predicted molar refractivity (Wildman–Crippen MR) is 66.5 cm³/mol. The van der Waals surface area contributed by atoms with E-state index in [1.54, 1.807) is 19.5 Å². The molecule has 0 saturated carbocycles. The van der Waals surface area contributed by atoms with Gasteiger partial charge in [-0.25, -0.2) is 4.98 Å². The molecule has 1 saturated heterocycles.